The molecule has 0 spiro atoms. The normalized spacial score (nSPS) is 10.2. The van der Waals surface area contributed by atoms with Crippen LogP contribution in [0.5, 0.6) is 0 Å². The fourth-order valence-corrected chi connectivity index (χ4v) is 1.49. The first kappa shape index (κ1) is 10.9. The number of nitrogens with zero attached hydrogens (tertiary/aromatic N) is 4. The van der Waals surface area contributed by atoms with Crippen molar-refractivity contribution < 1.29 is 0 Å². The van der Waals surface area contributed by atoms with Crippen molar-refractivity contribution in [2.75, 3.05) is 17.7 Å². The lowest BCUT2D eigenvalue weighted by atomic mass is 10.5. The van der Waals surface area contributed by atoms with Crippen LogP contribution in [0, 0.1) is 0 Å². The van der Waals surface area contributed by atoms with Crippen molar-refractivity contribution in [3.63, 3.8) is 0 Å². The van der Waals surface area contributed by atoms with E-state index in [0.717, 1.165) is 10.2 Å². The highest BCUT2D eigenvalue weighted by Gasteiger charge is 2.05. The maximum atomic E-state index is 4.28. The minimum atomic E-state index is 0.564. The second kappa shape index (κ2) is 4.48. The topological polar surface area (TPSA) is 67.7 Å². The van der Waals surface area contributed by atoms with E-state index < -0.39 is 0 Å². The molecule has 0 radical (unpaired) electrons. The van der Waals surface area contributed by atoms with Crippen molar-refractivity contribution in [2.24, 2.45) is 7.05 Å². The molecular weight excluding hydrogens is 272 g/mol. The first-order valence-electron chi connectivity index (χ1n) is 4.65. The average Bonchev–Trinajstić information content (AvgIpc) is 2.67. The largest absolute Gasteiger partial charge is 0.357 e. The molecular formula is C9H11BrN6. The van der Waals surface area contributed by atoms with Gasteiger partial charge in [0, 0.05) is 26.5 Å². The van der Waals surface area contributed by atoms with E-state index in [1.807, 2.05) is 13.2 Å². The van der Waals surface area contributed by atoms with Gasteiger partial charge in [-0.1, -0.05) is 0 Å². The predicted octanol–water partition coefficient (Wildman–Crippen LogP) is 1.76. The highest BCUT2D eigenvalue weighted by Crippen LogP contribution is 2.23. The number of halogens is 1. The Hall–Kier alpha value is -1.63. The summed E-state index contributed by atoms with van der Waals surface area (Å²) in [5.41, 5.74) is 0.879. The van der Waals surface area contributed by atoms with Gasteiger partial charge in [-0.2, -0.15) is 10.1 Å². The summed E-state index contributed by atoms with van der Waals surface area (Å²) >= 11 is 3.38. The molecule has 0 unspecified atom stereocenters. The summed E-state index contributed by atoms with van der Waals surface area (Å²) in [6.45, 7) is 0. The van der Waals surface area contributed by atoms with E-state index in [2.05, 4.69) is 41.6 Å². The van der Waals surface area contributed by atoms with Crippen LogP contribution in [0.1, 0.15) is 0 Å². The van der Waals surface area contributed by atoms with Gasteiger partial charge in [0.2, 0.25) is 5.95 Å². The highest BCUT2D eigenvalue weighted by molar-refractivity contribution is 9.10. The van der Waals surface area contributed by atoms with Crippen LogP contribution in [-0.2, 0) is 7.05 Å². The van der Waals surface area contributed by atoms with Gasteiger partial charge >= 0.3 is 0 Å². The molecule has 2 aromatic rings. The van der Waals surface area contributed by atoms with Crippen LogP contribution in [0.25, 0.3) is 0 Å². The smallest absolute Gasteiger partial charge is 0.224 e. The molecule has 0 bridgehead atoms. The Morgan fingerprint density at radius 3 is 2.81 bits per heavy atom. The molecule has 2 N–H and O–H groups in total. The summed E-state index contributed by atoms with van der Waals surface area (Å²) in [5, 5.41) is 10.1. The van der Waals surface area contributed by atoms with E-state index in [-0.39, 0.29) is 0 Å². The number of aryl methyl sites for hydroxylation is 1. The van der Waals surface area contributed by atoms with Crippen molar-refractivity contribution in [3.8, 4) is 0 Å². The minimum absolute atomic E-state index is 0.564. The number of nitrogens with one attached hydrogen (secondary N) is 2. The zero-order chi connectivity index (χ0) is 11.5. The van der Waals surface area contributed by atoms with Gasteiger partial charge in [-0.15, -0.1) is 0 Å². The monoisotopic (exact) mass is 282 g/mol. The van der Waals surface area contributed by atoms with Gasteiger partial charge in [-0.25, -0.2) is 4.98 Å². The van der Waals surface area contributed by atoms with Crippen molar-refractivity contribution >= 4 is 33.4 Å². The SMILES string of the molecule is CNc1ncc(Br)c(Nc2cnn(C)c2)n1. The van der Waals surface area contributed by atoms with E-state index >= 15 is 0 Å². The second-order valence-electron chi connectivity index (χ2n) is 3.17. The summed E-state index contributed by atoms with van der Waals surface area (Å²) in [6.07, 6.45) is 5.29. The Balaban J connectivity index is 2.26. The van der Waals surface area contributed by atoms with Gasteiger partial charge in [0.05, 0.1) is 16.4 Å². The molecule has 6 nitrogen and oxygen atoms in total. The third kappa shape index (κ3) is 2.30. The Kier molecular flexibility index (Phi) is 3.04. The number of hydrogen-bond acceptors (Lipinski definition) is 5. The number of anilines is 3. The lowest BCUT2D eigenvalue weighted by Crippen LogP contribution is -2.00. The van der Waals surface area contributed by atoms with E-state index in [9.17, 15) is 0 Å². The maximum Gasteiger partial charge on any atom is 0.224 e. The molecule has 0 atom stereocenters. The molecule has 84 valence electrons. The zero-order valence-corrected chi connectivity index (χ0v) is 10.5. The van der Waals surface area contributed by atoms with Crippen LogP contribution in [0.2, 0.25) is 0 Å². The van der Waals surface area contributed by atoms with E-state index in [1.54, 1.807) is 24.1 Å². The van der Waals surface area contributed by atoms with Crippen LogP contribution >= 0.6 is 15.9 Å². The second-order valence-corrected chi connectivity index (χ2v) is 4.02. The van der Waals surface area contributed by atoms with Crippen molar-refractivity contribution in [1.29, 1.82) is 0 Å². The van der Waals surface area contributed by atoms with Crippen molar-refractivity contribution in [2.45, 2.75) is 0 Å². The quantitative estimate of drug-likeness (QED) is 0.898. The Morgan fingerprint density at radius 2 is 2.19 bits per heavy atom. The van der Waals surface area contributed by atoms with Crippen LogP contribution in [-0.4, -0.2) is 26.8 Å². The summed E-state index contributed by atoms with van der Waals surface area (Å²) in [4.78, 5) is 8.35. The van der Waals surface area contributed by atoms with Crippen LogP contribution in [0.15, 0.2) is 23.1 Å². The molecule has 0 fully saturated rings. The third-order valence-corrected chi connectivity index (χ3v) is 2.52. The van der Waals surface area contributed by atoms with Crippen LogP contribution in [0.3, 0.4) is 0 Å². The molecule has 16 heavy (non-hydrogen) atoms. The Labute approximate surface area is 101 Å². The summed E-state index contributed by atoms with van der Waals surface area (Å²) in [5.74, 6) is 1.27. The Morgan fingerprint density at radius 1 is 1.38 bits per heavy atom. The van der Waals surface area contributed by atoms with Gasteiger partial charge < -0.3 is 10.6 Å². The van der Waals surface area contributed by atoms with E-state index in [4.69, 9.17) is 0 Å². The average molecular weight is 283 g/mol. The molecule has 0 aliphatic heterocycles. The Bertz CT molecular complexity index is 494. The van der Waals surface area contributed by atoms with Crippen LogP contribution in [0.4, 0.5) is 17.5 Å². The van der Waals surface area contributed by atoms with E-state index in [0.29, 0.717) is 11.8 Å². The predicted molar refractivity (Wildman–Crippen MR) is 65.8 cm³/mol. The third-order valence-electron chi connectivity index (χ3n) is 1.94. The molecule has 2 aromatic heterocycles. The summed E-state index contributed by atoms with van der Waals surface area (Å²) in [7, 11) is 3.64. The lowest BCUT2D eigenvalue weighted by Gasteiger charge is -2.06. The lowest BCUT2D eigenvalue weighted by molar-refractivity contribution is 0.768. The van der Waals surface area contributed by atoms with Gasteiger partial charge in [0.15, 0.2) is 0 Å². The summed E-state index contributed by atoms with van der Waals surface area (Å²) in [6, 6.07) is 0. The zero-order valence-electron chi connectivity index (χ0n) is 8.90. The molecule has 0 saturated carbocycles. The highest BCUT2D eigenvalue weighted by atomic mass is 79.9. The van der Waals surface area contributed by atoms with Gasteiger partial charge in [0.25, 0.3) is 0 Å². The van der Waals surface area contributed by atoms with E-state index in [1.165, 1.54) is 0 Å². The molecule has 0 saturated heterocycles. The first-order valence-corrected chi connectivity index (χ1v) is 5.44. The van der Waals surface area contributed by atoms with Gasteiger partial charge in [-0.3, -0.25) is 4.68 Å². The van der Waals surface area contributed by atoms with Crippen molar-refractivity contribution in [1.82, 2.24) is 19.7 Å². The molecule has 0 aliphatic carbocycles. The molecule has 0 aliphatic rings. The molecule has 0 aromatic carbocycles. The fraction of sp³-hybridized carbons (Fsp3) is 0.222. The van der Waals surface area contributed by atoms with Crippen molar-refractivity contribution in [3.05, 3.63) is 23.1 Å². The molecule has 0 amide bonds. The van der Waals surface area contributed by atoms with Crippen LogP contribution < -0.4 is 10.6 Å². The fourth-order valence-electron chi connectivity index (χ4n) is 1.20. The minimum Gasteiger partial charge on any atom is -0.357 e. The number of hydrogen-bond donors (Lipinski definition) is 2. The van der Waals surface area contributed by atoms with Gasteiger partial charge in [0.1, 0.15) is 5.82 Å². The number of aromatic nitrogens is 4. The van der Waals surface area contributed by atoms with Gasteiger partial charge in [-0.05, 0) is 15.9 Å². The molecule has 7 heteroatoms. The molecule has 2 rings (SSSR count). The molecule has 2 heterocycles. The summed E-state index contributed by atoms with van der Waals surface area (Å²) < 4.78 is 2.52. The maximum absolute atomic E-state index is 4.28. The number of rotatable bonds is 3. The standard InChI is InChI=1S/C9H11BrN6/c1-11-9-12-4-7(10)8(15-9)14-6-3-13-16(2)5-6/h3-5H,1-2H3,(H2,11,12,14,15). The first-order chi connectivity index (χ1) is 7.69.